The van der Waals surface area contributed by atoms with Crippen LogP contribution >= 0.6 is 0 Å². The summed E-state index contributed by atoms with van der Waals surface area (Å²) < 4.78 is 42.7. The maximum absolute atomic E-state index is 13.4. The van der Waals surface area contributed by atoms with E-state index in [1.807, 2.05) is 4.57 Å². The zero-order valence-electron chi connectivity index (χ0n) is 14.9. The molecule has 0 aromatic carbocycles. The fourth-order valence-corrected chi connectivity index (χ4v) is 3.49. The first-order chi connectivity index (χ1) is 13.4. The second-order valence-electron chi connectivity index (χ2n) is 6.77. The Morgan fingerprint density at radius 3 is 2.93 bits per heavy atom. The van der Waals surface area contributed by atoms with Crippen molar-refractivity contribution in [3.8, 4) is 0 Å². The molecule has 1 aliphatic rings. The number of nitrogens with zero attached hydrogens (tertiary/aromatic N) is 7. The summed E-state index contributed by atoms with van der Waals surface area (Å²) >= 11 is 0. The highest BCUT2D eigenvalue weighted by Crippen LogP contribution is 2.33. The second kappa shape index (κ2) is 7.21. The van der Waals surface area contributed by atoms with Crippen molar-refractivity contribution < 1.29 is 18.0 Å². The van der Waals surface area contributed by atoms with Gasteiger partial charge in [-0.15, -0.1) is 0 Å². The molecule has 0 unspecified atom stereocenters. The number of halogens is 3. The van der Waals surface area contributed by atoms with Crippen molar-refractivity contribution in [1.29, 1.82) is 0 Å². The van der Waals surface area contributed by atoms with Crippen LogP contribution in [0.5, 0.6) is 0 Å². The van der Waals surface area contributed by atoms with Crippen LogP contribution in [0.25, 0.3) is 5.78 Å². The van der Waals surface area contributed by atoms with E-state index in [-0.39, 0.29) is 17.6 Å². The van der Waals surface area contributed by atoms with Crippen molar-refractivity contribution in [1.82, 2.24) is 34.0 Å². The zero-order valence-corrected chi connectivity index (χ0v) is 14.9. The summed E-state index contributed by atoms with van der Waals surface area (Å²) in [4.78, 5) is 26.2. The lowest BCUT2D eigenvalue weighted by atomic mass is 9.94. The number of hydrogen-bond acceptors (Lipinski definition) is 5. The number of likely N-dealkylation sites (tertiary alicyclic amines) is 1. The second-order valence-corrected chi connectivity index (χ2v) is 6.77. The van der Waals surface area contributed by atoms with E-state index in [0.717, 1.165) is 12.4 Å². The Morgan fingerprint density at radius 2 is 2.18 bits per heavy atom. The van der Waals surface area contributed by atoms with Gasteiger partial charge in [-0.2, -0.15) is 27.8 Å². The van der Waals surface area contributed by atoms with Gasteiger partial charge in [-0.05, 0) is 18.9 Å². The molecule has 0 radical (unpaired) electrons. The van der Waals surface area contributed by atoms with Gasteiger partial charge in [0.1, 0.15) is 6.33 Å². The number of hydrogen-bond donors (Lipinski definition) is 0. The van der Waals surface area contributed by atoms with E-state index >= 15 is 0 Å². The monoisotopic (exact) mass is 393 g/mol. The fourth-order valence-electron chi connectivity index (χ4n) is 3.49. The van der Waals surface area contributed by atoms with Gasteiger partial charge in [0.15, 0.2) is 5.69 Å². The largest absolute Gasteiger partial charge is 0.433 e. The molecule has 11 heteroatoms. The lowest BCUT2D eigenvalue weighted by Gasteiger charge is -2.32. The minimum atomic E-state index is -4.57. The number of imidazole rings is 1. The lowest BCUT2D eigenvalue weighted by Crippen LogP contribution is -2.39. The Balaban J connectivity index is 1.52. The van der Waals surface area contributed by atoms with Gasteiger partial charge >= 0.3 is 6.18 Å². The molecule has 1 fully saturated rings. The number of carbonyl (C=O) groups excluding carboxylic acids is 1. The van der Waals surface area contributed by atoms with Crippen LogP contribution in [-0.4, -0.2) is 53.0 Å². The third-order valence-corrected chi connectivity index (χ3v) is 4.90. The van der Waals surface area contributed by atoms with Gasteiger partial charge in [-0.25, -0.2) is 9.97 Å². The topological polar surface area (TPSA) is 81.2 Å². The minimum Gasteiger partial charge on any atom is -0.342 e. The van der Waals surface area contributed by atoms with Crippen LogP contribution in [0.3, 0.4) is 0 Å². The Labute approximate surface area is 158 Å². The number of alkyl halides is 3. The first kappa shape index (κ1) is 18.4. The maximum Gasteiger partial charge on any atom is 0.433 e. The van der Waals surface area contributed by atoms with Crippen molar-refractivity contribution in [3.05, 3.63) is 42.5 Å². The zero-order chi connectivity index (χ0) is 19.7. The van der Waals surface area contributed by atoms with Crippen LogP contribution in [0.15, 0.2) is 31.1 Å². The van der Waals surface area contributed by atoms with Crippen molar-refractivity contribution in [3.63, 3.8) is 0 Å². The first-order valence-electron chi connectivity index (χ1n) is 8.93. The third-order valence-electron chi connectivity index (χ3n) is 4.90. The summed E-state index contributed by atoms with van der Waals surface area (Å²) in [7, 11) is 0. The quantitative estimate of drug-likeness (QED) is 0.678. The molecule has 4 rings (SSSR count). The van der Waals surface area contributed by atoms with E-state index in [0.29, 0.717) is 49.1 Å². The molecule has 0 spiro atoms. The molecule has 1 aliphatic heterocycles. The average Bonchev–Trinajstić information content (AvgIpc) is 3.36. The molecule has 1 atom stereocenters. The number of fused-ring (bicyclic) bond motifs is 1. The molecular weight excluding hydrogens is 375 g/mol. The first-order valence-corrected chi connectivity index (χ1v) is 8.93. The van der Waals surface area contributed by atoms with Crippen molar-refractivity contribution in [2.75, 3.05) is 13.1 Å². The molecule has 148 valence electrons. The molecule has 8 nitrogen and oxygen atoms in total. The van der Waals surface area contributed by atoms with E-state index in [1.54, 1.807) is 23.6 Å². The van der Waals surface area contributed by atoms with Gasteiger partial charge < -0.3 is 9.47 Å². The van der Waals surface area contributed by atoms with Crippen LogP contribution in [0.1, 0.15) is 36.6 Å². The van der Waals surface area contributed by atoms with Crippen molar-refractivity contribution in [2.45, 2.75) is 37.9 Å². The summed E-state index contributed by atoms with van der Waals surface area (Å²) in [6, 6.07) is 1.02. The summed E-state index contributed by atoms with van der Waals surface area (Å²) in [5, 5.41) is 3.61. The van der Waals surface area contributed by atoms with E-state index in [4.69, 9.17) is 0 Å². The smallest absolute Gasteiger partial charge is 0.342 e. The van der Waals surface area contributed by atoms with Crippen LogP contribution in [0.2, 0.25) is 0 Å². The van der Waals surface area contributed by atoms with Gasteiger partial charge in [0.05, 0.1) is 12.0 Å². The third kappa shape index (κ3) is 3.69. The van der Waals surface area contributed by atoms with E-state index in [9.17, 15) is 18.0 Å². The SMILES string of the molecule is O=C(CCn1ccnc1)N1CCC[C@@H](c2cc(C(F)(F)F)n3ncnc3n2)C1. The highest BCUT2D eigenvalue weighted by Gasteiger charge is 2.36. The molecule has 3 aromatic heterocycles. The molecule has 3 aromatic rings. The highest BCUT2D eigenvalue weighted by atomic mass is 19.4. The Kier molecular flexibility index (Phi) is 4.73. The highest BCUT2D eigenvalue weighted by molar-refractivity contribution is 5.76. The summed E-state index contributed by atoms with van der Waals surface area (Å²) in [6.45, 7) is 1.46. The molecule has 1 saturated heterocycles. The molecule has 0 saturated carbocycles. The minimum absolute atomic E-state index is 0.0296. The number of amides is 1. The van der Waals surface area contributed by atoms with E-state index in [2.05, 4.69) is 20.1 Å². The van der Waals surface area contributed by atoms with E-state index in [1.165, 1.54) is 0 Å². The number of carbonyl (C=O) groups is 1. The van der Waals surface area contributed by atoms with Crippen molar-refractivity contribution in [2.24, 2.45) is 0 Å². The van der Waals surface area contributed by atoms with Gasteiger partial charge in [0.25, 0.3) is 5.78 Å². The maximum atomic E-state index is 13.4. The average molecular weight is 393 g/mol. The molecular formula is C17H18F3N7O. The molecule has 28 heavy (non-hydrogen) atoms. The molecule has 4 heterocycles. The van der Waals surface area contributed by atoms with Gasteiger partial charge in [0.2, 0.25) is 5.91 Å². The predicted molar refractivity (Wildman–Crippen MR) is 91.2 cm³/mol. The summed E-state index contributed by atoms with van der Waals surface area (Å²) in [6.07, 6.45) is 3.24. The van der Waals surface area contributed by atoms with Crippen LogP contribution in [0.4, 0.5) is 13.2 Å². The number of aryl methyl sites for hydroxylation is 1. The Morgan fingerprint density at radius 1 is 1.32 bits per heavy atom. The predicted octanol–water partition coefficient (Wildman–Crippen LogP) is 2.14. The Bertz CT molecular complexity index is 967. The van der Waals surface area contributed by atoms with Crippen LogP contribution < -0.4 is 0 Å². The molecule has 0 N–H and O–H groups in total. The molecule has 1 amide bonds. The normalized spacial score (nSPS) is 18.0. The van der Waals surface area contributed by atoms with E-state index < -0.39 is 11.9 Å². The van der Waals surface area contributed by atoms with Gasteiger partial charge in [-0.1, -0.05) is 0 Å². The Hall–Kier alpha value is -2.98. The lowest BCUT2D eigenvalue weighted by molar-refractivity contribution is -0.143. The number of rotatable bonds is 4. The van der Waals surface area contributed by atoms with Gasteiger partial charge in [0, 0.05) is 44.4 Å². The summed E-state index contributed by atoms with van der Waals surface area (Å²) in [5.74, 6) is -0.389. The van der Waals surface area contributed by atoms with Crippen molar-refractivity contribution >= 4 is 11.7 Å². The standard InChI is InChI=1S/C17H18F3N7O/c18-17(19,20)14-8-13(24-16-22-10-23-27(14)16)12-2-1-5-26(9-12)15(28)3-6-25-7-4-21-11-25/h4,7-8,10-12H,1-3,5-6,9H2/t12-/m1/s1. The summed E-state index contributed by atoms with van der Waals surface area (Å²) in [5.41, 5.74) is -0.617. The molecule has 0 aliphatic carbocycles. The van der Waals surface area contributed by atoms with Crippen LogP contribution in [-0.2, 0) is 17.5 Å². The molecule has 0 bridgehead atoms. The number of aromatic nitrogens is 6. The number of piperidine rings is 1. The fraction of sp³-hybridized carbons (Fsp3) is 0.471. The van der Waals surface area contributed by atoms with Crippen LogP contribution in [0, 0.1) is 0 Å². The van der Waals surface area contributed by atoms with Gasteiger partial charge in [-0.3, -0.25) is 4.79 Å².